The lowest BCUT2D eigenvalue weighted by atomic mass is 10.3. The second kappa shape index (κ2) is 3.91. The molecule has 0 saturated heterocycles. The van der Waals surface area contributed by atoms with Gasteiger partial charge in [-0.15, -0.1) is 4.57 Å². The first-order valence-electron chi connectivity index (χ1n) is 4.20. The maximum atomic E-state index is 11.3. The molecule has 0 radical (unpaired) electrons. The summed E-state index contributed by atoms with van der Waals surface area (Å²) in [5.74, 6) is 0. The third kappa shape index (κ3) is 1.75. The van der Waals surface area contributed by atoms with Crippen LogP contribution in [0.4, 0.5) is 4.79 Å². The van der Waals surface area contributed by atoms with Gasteiger partial charge in [-0.3, -0.25) is 0 Å². The van der Waals surface area contributed by atoms with Gasteiger partial charge in [-0.1, -0.05) is 0 Å². The smallest absolute Gasteiger partial charge is 0.413 e. The van der Waals surface area contributed by atoms with E-state index in [4.69, 9.17) is 0 Å². The average Bonchev–Trinajstić information content (AvgIpc) is 2.49. The molecule has 0 aromatic carbocycles. The van der Waals surface area contributed by atoms with Crippen LogP contribution in [0.3, 0.4) is 0 Å². The third-order valence-corrected chi connectivity index (χ3v) is 2.13. The number of imidazole rings is 1. The Morgan fingerprint density at radius 2 is 2.46 bits per heavy atom. The van der Waals surface area contributed by atoms with Crippen molar-refractivity contribution in [3.05, 3.63) is 18.2 Å². The summed E-state index contributed by atoms with van der Waals surface area (Å²) in [4.78, 5) is 11.3. The fourth-order valence-electron chi connectivity index (χ4n) is 1.43. The van der Waals surface area contributed by atoms with Crippen LogP contribution in [0, 0.1) is 0 Å². The van der Waals surface area contributed by atoms with E-state index in [0.717, 1.165) is 25.2 Å². The summed E-state index contributed by atoms with van der Waals surface area (Å²) in [7, 11) is 0. The summed E-state index contributed by atoms with van der Waals surface area (Å²) >= 11 is 0. The molecule has 5 heteroatoms. The molecular formula is C8H12BrN3O. The summed E-state index contributed by atoms with van der Waals surface area (Å²) in [6, 6.07) is -0.0107. The zero-order valence-corrected chi connectivity index (χ0v) is 9.04. The first kappa shape index (κ1) is 10.2. The van der Waals surface area contributed by atoms with Gasteiger partial charge in [0.15, 0.2) is 5.69 Å². The molecule has 0 atom stereocenters. The largest absolute Gasteiger partial charge is 1.00 e. The summed E-state index contributed by atoms with van der Waals surface area (Å²) in [6.45, 7) is 3.73. The first-order chi connectivity index (χ1) is 5.81. The van der Waals surface area contributed by atoms with E-state index < -0.39 is 0 Å². The molecule has 1 N–H and O–H groups in total. The molecule has 72 valence electrons. The molecule has 0 spiro atoms. The van der Waals surface area contributed by atoms with Gasteiger partial charge in [0.05, 0.1) is 6.54 Å². The Kier molecular flexibility index (Phi) is 3.08. The molecule has 1 aromatic rings. The van der Waals surface area contributed by atoms with Crippen LogP contribution in [-0.2, 0) is 13.0 Å². The third-order valence-electron chi connectivity index (χ3n) is 2.13. The molecule has 4 nitrogen and oxygen atoms in total. The monoisotopic (exact) mass is 245 g/mol. The van der Waals surface area contributed by atoms with Gasteiger partial charge in [0, 0.05) is 13.0 Å². The van der Waals surface area contributed by atoms with Crippen LogP contribution in [0.5, 0.6) is 0 Å². The van der Waals surface area contributed by atoms with E-state index in [1.54, 1.807) is 4.57 Å². The number of carbonyl (C=O) groups excluding carboxylic acids is 1. The van der Waals surface area contributed by atoms with Crippen molar-refractivity contribution >= 4 is 6.03 Å². The lowest BCUT2D eigenvalue weighted by molar-refractivity contribution is -0.692. The Balaban J connectivity index is 0.000000845. The van der Waals surface area contributed by atoms with Gasteiger partial charge in [-0.2, -0.15) is 0 Å². The maximum Gasteiger partial charge on any atom is 0.413 e. The van der Waals surface area contributed by atoms with Crippen molar-refractivity contribution in [3.63, 3.8) is 0 Å². The molecule has 1 aromatic heterocycles. The van der Waals surface area contributed by atoms with E-state index in [9.17, 15) is 4.79 Å². The van der Waals surface area contributed by atoms with Crippen molar-refractivity contribution in [1.29, 1.82) is 0 Å². The molecule has 1 aliphatic rings. The highest BCUT2D eigenvalue weighted by Gasteiger charge is 2.23. The molecule has 0 saturated carbocycles. The van der Waals surface area contributed by atoms with Crippen LogP contribution in [0.25, 0.3) is 0 Å². The van der Waals surface area contributed by atoms with Gasteiger partial charge in [-0.05, 0) is 6.92 Å². The van der Waals surface area contributed by atoms with Gasteiger partial charge in [0.1, 0.15) is 6.20 Å². The molecule has 2 heterocycles. The number of aryl methyl sites for hydroxylation is 1. The summed E-state index contributed by atoms with van der Waals surface area (Å²) in [5.41, 5.74) is 1.10. The normalized spacial score (nSPS) is 14.4. The quantitative estimate of drug-likeness (QED) is 0.524. The van der Waals surface area contributed by atoms with Crippen LogP contribution in [0.1, 0.15) is 12.6 Å². The molecule has 2 rings (SSSR count). The van der Waals surface area contributed by atoms with Crippen molar-refractivity contribution in [1.82, 2.24) is 9.88 Å². The van der Waals surface area contributed by atoms with Crippen molar-refractivity contribution in [3.8, 4) is 0 Å². The minimum absolute atomic E-state index is 0. The second-order valence-corrected chi connectivity index (χ2v) is 2.92. The van der Waals surface area contributed by atoms with Crippen molar-refractivity contribution in [2.45, 2.75) is 19.9 Å². The Morgan fingerprint density at radius 1 is 1.69 bits per heavy atom. The van der Waals surface area contributed by atoms with Crippen molar-refractivity contribution in [2.75, 3.05) is 6.54 Å². The second-order valence-electron chi connectivity index (χ2n) is 2.92. The Morgan fingerprint density at radius 3 is 3.08 bits per heavy atom. The standard InChI is InChI=1S/C8H11N3O.BrH/c1-2-10-5-7-3-4-9-8(12)11(7)6-10;/h5-6H,2-4H2,1H3;1H. The fraction of sp³-hybridized carbons (Fsp3) is 0.500. The molecule has 0 aliphatic carbocycles. The van der Waals surface area contributed by atoms with E-state index in [-0.39, 0.29) is 23.0 Å². The highest BCUT2D eigenvalue weighted by Crippen LogP contribution is 2.02. The molecular weight excluding hydrogens is 234 g/mol. The lowest BCUT2D eigenvalue weighted by Gasteiger charge is -2.07. The van der Waals surface area contributed by atoms with E-state index in [2.05, 4.69) is 12.2 Å². The SMILES string of the molecule is CC[n+]1cc2n(c1)C(=O)NCC2.[Br-]. The summed E-state index contributed by atoms with van der Waals surface area (Å²) < 4.78 is 3.69. The highest BCUT2D eigenvalue weighted by molar-refractivity contribution is 5.77. The predicted octanol–water partition coefficient (Wildman–Crippen LogP) is -3.09. The van der Waals surface area contributed by atoms with E-state index in [0.29, 0.717) is 0 Å². The van der Waals surface area contributed by atoms with Crippen LogP contribution >= 0.6 is 0 Å². The van der Waals surface area contributed by atoms with Crippen LogP contribution in [0.15, 0.2) is 12.5 Å². The van der Waals surface area contributed by atoms with Crippen molar-refractivity contribution in [2.24, 2.45) is 0 Å². The maximum absolute atomic E-state index is 11.3. The number of nitrogens with one attached hydrogen (secondary N) is 1. The summed E-state index contributed by atoms with van der Waals surface area (Å²) in [6.07, 6.45) is 4.79. The van der Waals surface area contributed by atoms with Gasteiger partial charge in [-0.25, -0.2) is 9.36 Å². The number of nitrogens with zero attached hydrogens (tertiary/aromatic N) is 2. The molecule has 1 aliphatic heterocycles. The van der Waals surface area contributed by atoms with Crippen LogP contribution in [0.2, 0.25) is 0 Å². The zero-order chi connectivity index (χ0) is 8.55. The molecule has 0 unspecified atom stereocenters. The van der Waals surface area contributed by atoms with Gasteiger partial charge >= 0.3 is 6.03 Å². The van der Waals surface area contributed by atoms with E-state index in [1.807, 2.05) is 17.1 Å². The lowest BCUT2D eigenvalue weighted by Crippen LogP contribution is -3.00. The molecule has 1 amide bonds. The molecule has 0 fully saturated rings. The van der Waals surface area contributed by atoms with Crippen LogP contribution < -0.4 is 26.9 Å². The number of aromatic nitrogens is 2. The van der Waals surface area contributed by atoms with Gasteiger partial charge < -0.3 is 22.3 Å². The first-order valence-corrected chi connectivity index (χ1v) is 4.20. The number of carbonyl (C=O) groups is 1. The highest BCUT2D eigenvalue weighted by atomic mass is 79.9. The number of hydrogen-bond donors (Lipinski definition) is 1. The Bertz CT molecular complexity index is 321. The minimum Gasteiger partial charge on any atom is -1.00 e. The van der Waals surface area contributed by atoms with E-state index >= 15 is 0 Å². The molecule has 0 bridgehead atoms. The molecule has 13 heavy (non-hydrogen) atoms. The topological polar surface area (TPSA) is 37.9 Å². The number of halogens is 1. The minimum atomic E-state index is -0.0107. The van der Waals surface area contributed by atoms with Crippen LogP contribution in [-0.4, -0.2) is 17.1 Å². The number of hydrogen-bond acceptors (Lipinski definition) is 1. The predicted molar refractivity (Wildman–Crippen MR) is 42.8 cm³/mol. The number of rotatable bonds is 1. The summed E-state index contributed by atoms with van der Waals surface area (Å²) in [5, 5.41) is 2.79. The number of amides is 1. The van der Waals surface area contributed by atoms with Gasteiger partial charge in [0.25, 0.3) is 6.33 Å². The average molecular weight is 246 g/mol. The van der Waals surface area contributed by atoms with Crippen molar-refractivity contribution < 1.29 is 26.3 Å². The van der Waals surface area contributed by atoms with Gasteiger partial charge in [0.2, 0.25) is 0 Å². The van der Waals surface area contributed by atoms with E-state index in [1.165, 1.54) is 0 Å². The fourth-order valence-corrected chi connectivity index (χ4v) is 1.43. The Labute approximate surface area is 87.3 Å². The Hall–Kier alpha value is -0.840. The zero-order valence-electron chi connectivity index (χ0n) is 7.46. The number of fused-ring (bicyclic) bond motifs is 1.